The molecule has 3 amide bonds. The molecule has 3 aliphatic rings. The molecular weight excluding hydrogens is 722 g/mol. The lowest BCUT2D eigenvalue weighted by Crippen LogP contribution is -2.63. The number of methoxy groups -OCH3 is 2. The van der Waals surface area contributed by atoms with Gasteiger partial charge < -0.3 is 33.9 Å². The van der Waals surface area contributed by atoms with Crippen LogP contribution in [-0.2, 0) is 35.0 Å². The van der Waals surface area contributed by atoms with Crippen molar-refractivity contribution >= 4 is 53.8 Å². The minimum absolute atomic E-state index is 0.0291. The maximum absolute atomic E-state index is 14.2. The van der Waals surface area contributed by atoms with Crippen molar-refractivity contribution in [3.8, 4) is 5.75 Å². The van der Waals surface area contributed by atoms with Gasteiger partial charge in [-0.1, -0.05) is 63.1 Å². The molecule has 14 heteroatoms. The monoisotopic (exact) mass is 777 g/mol. The van der Waals surface area contributed by atoms with Crippen molar-refractivity contribution in [2.45, 2.75) is 115 Å². The zero-order valence-electron chi connectivity index (χ0n) is 32.5. The lowest BCUT2D eigenvalue weighted by Gasteiger charge is -2.42. The molecule has 1 saturated heterocycles. The Kier molecular flexibility index (Phi) is 13.3. The number of nitrogens with one attached hydrogen (secondary N) is 1. The van der Waals surface area contributed by atoms with Crippen LogP contribution >= 0.6 is 24.2 Å². The van der Waals surface area contributed by atoms with E-state index in [2.05, 4.69) is 17.9 Å². The Morgan fingerprint density at radius 3 is 2.55 bits per heavy atom. The molecule has 4 rings (SSSR count). The van der Waals surface area contributed by atoms with E-state index in [1.807, 2.05) is 52.8 Å². The number of thiol groups is 1. The number of likely N-dealkylation sites (N-methyl/N-ethyl adjacent to an activating group) is 1. The number of rotatable bonds is 8. The highest BCUT2D eigenvalue weighted by atomic mass is 35.5. The van der Waals surface area contributed by atoms with Gasteiger partial charge in [0.25, 0.3) is 0 Å². The van der Waals surface area contributed by atoms with Crippen molar-refractivity contribution in [3.63, 3.8) is 0 Å². The summed E-state index contributed by atoms with van der Waals surface area (Å²) in [5, 5.41) is 14.6. The molecule has 0 spiro atoms. The van der Waals surface area contributed by atoms with E-state index in [4.69, 9.17) is 30.5 Å². The van der Waals surface area contributed by atoms with Crippen molar-refractivity contribution in [3.05, 3.63) is 46.5 Å². The minimum Gasteiger partial charge on any atom is -0.495 e. The summed E-state index contributed by atoms with van der Waals surface area (Å²) in [5.74, 6) is -1.30. The number of hydrogen-bond donors (Lipinski definition) is 3. The van der Waals surface area contributed by atoms with Gasteiger partial charge in [0.15, 0.2) is 5.72 Å². The van der Waals surface area contributed by atoms with Gasteiger partial charge in [-0.05, 0) is 62.6 Å². The number of benzene rings is 1. The molecule has 2 heterocycles. The Bertz CT molecular complexity index is 1630. The molecule has 1 aromatic rings. The van der Waals surface area contributed by atoms with Crippen molar-refractivity contribution in [2.24, 2.45) is 17.3 Å². The van der Waals surface area contributed by atoms with Gasteiger partial charge in [-0.3, -0.25) is 14.9 Å². The average molecular weight is 778 g/mol. The Hall–Kier alpha value is -3.26. The van der Waals surface area contributed by atoms with Crippen LogP contribution in [0, 0.1) is 17.3 Å². The number of esters is 1. The lowest BCUT2D eigenvalue weighted by molar-refractivity contribution is -0.163. The number of fused-ring (bicyclic) bond motifs is 5. The molecular formula is C39H56ClN3O9S. The summed E-state index contributed by atoms with van der Waals surface area (Å²) in [5.41, 5.74) is -0.279. The number of halogens is 1. The third-order valence-electron chi connectivity index (χ3n) is 11.2. The van der Waals surface area contributed by atoms with Gasteiger partial charge in [0.1, 0.15) is 35.1 Å². The zero-order chi connectivity index (χ0) is 39.6. The summed E-state index contributed by atoms with van der Waals surface area (Å²) >= 11 is 11.3. The molecule has 0 radical (unpaired) electrons. The molecule has 0 unspecified atom stereocenters. The second-order valence-corrected chi connectivity index (χ2v) is 17.4. The summed E-state index contributed by atoms with van der Waals surface area (Å²) in [6.07, 6.45) is 3.61. The molecule has 8 atom stereocenters. The van der Waals surface area contributed by atoms with Gasteiger partial charge in [-0.15, -0.1) is 0 Å². The third kappa shape index (κ3) is 9.89. The van der Waals surface area contributed by atoms with Crippen molar-refractivity contribution in [2.75, 3.05) is 33.2 Å². The number of ether oxygens (including phenoxy) is 4. The van der Waals surface area contributed by atoms with E-state index in [-0.39, 0.29) is 52.7 Å². The number of amides is 3. The number of carbonyl (C=O) groups excluding carboxylic acids is 4. The summed E-state index contributed by atoms with van der Waals surface area (Å²) in [6, 6.07) is 2.71. The highest BCUT2D eigenvalue weighted by molar-refractivity contribution is 7.81. The molecule has 2 fully saturated rings. The van der Waals surface area contributed by atoms with Crippen molar-refractivity contribution in [1.82, 2.24) is 10.2 Å². The second-order valence-electron chi connectivity index (χ2n) is 15.8. The summed E-state index contributed by atoms with van der Waals surface area (Å²) in [7, 11) is 6.14. The van der Waals surface area contributed by atoms with E-state index in [1.54, 1.807) is 33.2 Å². The van der Waals surface area contributed by atoms with Crippen molar-refractivity contribution in [1.29, 1.82) is 0 Å². The minimum atomic E-state index is -1.77. The molecule has 2 N–H and O–H groups in total. The number of nitrogens with zero attached hydrogens (tertiary/aromatic N) is 2. The van der Waals surface area contributed by atoms with Gasteiger partial charge in [0, 0.05) is 44.2 Å². The van der Waals surface area contributed by atoms with Crippen LogP contribution in [-0.4, -0.2) is 97.0 Å². The number of anilines is 1. The molecule has 1 aromatic carbocycles. The fraction of sp³-hybridized carbons (Fsp3) is 0.641. The van der Waals surface area contributed by atoms with Gasteiger partial charge >= 0.3 is 12.1 Å². The van der Waals surface area contributed by atoms with E-state index in [0.29, 0.717) is 30.7 Å². The first-order chi connectivity index (χ1) is 24.6. The molecule has 12 nitrogen and oxygen atoms in total. The Labute approximate surface area is 324 Å². The number of aliphatic hydroxyl groups is 1. The van der Waals surface area contributed by atoms with Crippen LogP contribution in [0.4, 0.5) is 10.5 Å². The van der Waals surface area contributed by atoms with Crippen LogP contribution in [0.1, 0.15) is 79.2 Å². The van der Waals surface area contributed by atoms with E-state index in [0.717, 1.165) is 11.1 Å². The summed E-state index contributed by atoms with van der Waals surface area (Å²) in [6.45, 7) is 11.2. The smallest absolute Gasteiger partial charge is 0.409 e. The predicted molar refractivity (Wildman–Crippen MR) is 206 cm³/mol. The Morgan fingerprint density at radius 1 is 1.25 bits per heavy atom. The van der Waals surface area contributed by atoms with Crippen LogP contribution in [0.5, 0.6) is 5.75 Å². The first-order valence-electron chi connectivity index (χ1n) is 18.0. The normalized spacial score (nSPS) is 31.5. The van der Waals surface area contributed by atoms with E-state index >= 15 is 0 Å². The average Bonchev–Trinajstić information content (AvgIpc) is 3.78. The summed E-state index contributed by atoms with van der Waals surface area (Å²) < 4.78 is 22.9. The molecule has 1 saturated carbocycles. The zero-order valence-corrected chi connectivity index (χ0v) is 34.2. The van der Waals surface area contributed by atoms with Gasteiger partial charge in [0.2, 0.25) is 11.8 Å². The Morgan fingerprint density at radius 2 is 1.92 bits per heavy atom. The van der Waals surface area contributed by atoms with Crippen LogP contribution in [0.2, 0.25) is 5.02 Å². The molecule has 4 bridgehead atoms. The molecule has 294 valence electrons. The van der Waals surface area contributed by atoms with E-state index in [1.165, 1.54) is 24.0 Å². The lowest BCUT2D eigenvalue weighted by atomic mass is 9.83. The predicted octanol–water partition coefficient (Wildman–Crippen LogP) is 5.87. The van der Waals surface area contributed by atoms with Crippen LogP contribution < -0.4 is 15.0 Å². The molecule has 2 aliphatic heterocycles. The highest BCUT2D eigenvalue weighted by Gasteiger charge is 2.62. The van der Waals surface area contributed by atoms with Crippen LogP contribution in [0.15, 0.2) is 35.9 Å². The molecule has 0 aromatic heterocycles. The Balaban J connectivity index is 1.74. The fourth-order valence-corrected chi connectivity index (χ4v) is 7.79. The maximum atomic E-state index is 14.2. The van der Waals surface area contributed by atoms with Gasteiger partial charge in [-0.25, -0.2) is 9.59 Å². The van der Waals surface area contributed by atoms with Gasteiger partial charge in [0.05, 0.1) is 19.2 Å². The number of hydrogen-bond acceptors (Lipinski definition) is 10. The van der Waals surface area contributed by atoms with Crippen LogP contribution in [0.3, 0.4) is 0 Å². The molecule has 53 heavy (non-hydrogen) atoms. The summed E-state index contributed by atoms with van der Waals surface area (Å²) in [4.78, 5) is 56.7. The van der Waals surface area contributed by atoms with Gasteiger partial charge in [-0.2, -0.15) is 12.6 Å². The third-order valence-corrected chi connectivity index (χ3v) is 11.8. The van der Waals surface area contributed by atoms with Crippen LogP contribution in [0.25, 0.3) is 0 Å². The second kappa shape index (κ2) is 16.6. The maximum Gasteiger partial charge on any atom is 0.409 e. The topological polar surface area (TPSA) is 144 Å². The molecule has 1 aliphatic carbocycles. The highest BCUT2D eigenvalue weighted by Crippen LogP contribution is 2.61. The first-order valence-corrected chi connectivity index (χ1v) is 18.9. The number of alkyl carbamates (subject to hydrolysis) is 1. The first kappa shape index (κ1) is 42.5. The number of carbonyl (C=O) groups is 4. The quantitative estimate of drug-likeness (QED) is 0.218. The largest absolute Gasteiger partial charge is 0.495 e. The van der Waals surface area contributed by atoms with Crippen molar-refractivity contribution < 1.29 is 43.2 Å². The standard InChI is InChI=1S/C39H56ClN3O9S/c1-22-12-11-13-30(50-10)39(48)21-29(51-36(47)41-39)23(2)26-20-38(26,6)31(52-35(46)24(3)42(7)32(44)14-15-37(4,5)53)19-33(45)43(8)27-17-25(16-22)18-28(49-9)34(27)40/h11-13,17-18,23-24,26,29-31,48,53H,14-16,19-21H2,1-10H3,(H,41,47)/b13-11+,22-12+/t23-,24-,26-,29-,30+,31-,38-,39-/m0/s1. The number of allylic oxidation sites excluding steroid dienone is 3. The van der Waals surface area contributed by atoms with E-state index < -0.39 is 47.6 Å². The fourth-order valence-electron chi connectivity index (χ4n) is 7.36. The van der Waals surface area contributed by atoms with E-state index in [9.17, 15) is 24.3 Å². The SMILES string of the molecule is COc1cc2cc(c1Cl)N(C)C(=O)C[C@H](OC(=O)[C@H](C)N(C)C(=O)CCC(C)(C)S)[C@@]1(C)C[C@H]1[C@H](C)[C@@H]1C[C@@](O)(NC(=O)O1)[C@H](OC)/C=C/C=C(\C)C2.